The molecule has 16 heavy (non-hydrogen) atoms. The maximum Gasteiger partial charge on any atom is 0.0934 e. The summed E-state index contributed by atoms with van der Waals surface area (Å²) in [5.74, 6) is 0. The van der Waals surface area contributed by atoms with Crippen LogP contribution in [0.15, 0.2) is 5.38 Å². The SMILES string of the molecule is CCCC(C)(CNCC)Cc1nc(C)cs1. The number of aryl methyl sites for hydroxylation is 1. The molecule has 0 aromatic carbocycles. The maximum atomic E-state index is 4.58. The second kappa shape index (κ2) is 6.36. The van der Waals surface area contributed by atoms with E-state index >= 15 is 0 Å². The standard InChI is InChI=1S/C13H24N2S/c1-5-7-13(4,10-14-6-2)8-12-15-11(3)9-16-12/h9,14H,5-8,10H2,1-4H3. The lowest BCUT2D eigenvalue weighted by molar-refractivity contribution is 0.277. The smallest absolute Gasteiger partial charge is 0.0934 e. The van der Waals surface area contributed by atoms with Crippen LogP contribution < -0.4 is 5.32 Å². The highest BCUT2D eigenvalue weighted by Gasteiger charge is 2.24. The Morgan fingerprint density at radius 1 is 1.44 bits per heavy atom. The predicted octanol–water partition coefficient (Wildman–Crippen LogP) is 3.41. The Balaban J connectivity index is 2.62. The van der Waals surface area contributed by atoms with Gasteiger partial charge in [-0.1, -0.05) is 27.2 Å². The monoisotopic (exact) mass is 240 g/mol. The van der Waals surface area contributed by atoms with Crippen LogP contribution >= 0.6 is 11.3 Å². The highest BCUT2D eigenvalue weighted by Crippen LogP contribution is 2.28. The summed E-state index contributed by atoms with van der Waals surface area (Å²) in [6, 6.07) is 0. The van der Waals surface area contributed by atoms with E-state index < -0.39 is 0 Å². The van der Waals surface area contributed by atoms with Gasteiger partial charge in [0.2, 0.25) is 0 Å². The number of nitrogens with zero attached hydrogens (tertiary/aromatic N) is 1. The molecule has 0 bridgehead atoms. The highest BCUT2D eigenvalue weighted by atomic mass is 32.1. The Kier molecular flexibility index (Phi) is 5.42. The lowest BCUT2D eigenvalue weighted by Crippen LogP contribution is -2.33. The third-order valence-electron chi connectivity index (χ3n) is 2.90. The van der Waals surface area contributed by atoms with Gasteiger partial charge < -0.3 is 5.32 Å². The second-order valence-electron chi connectivity index (χ2n) is 4.90. The van der Waals surface area contributed by atoms with Crippen LogP contribution in [0.1, 0.15) is 44.3 Å². The minimum atomic E-state index is 0.356. The van der Waals surface area contributed by atoms with Gasteiger partial charge in [-0.25, -0.2) is 4.98 Å². The fraction of sp³-hybridized carbons (Fsp3) is 0.769. The molecule has 1 N–H and O–H groups in total. The summed E-state index contributed by atoms with van der Waals surface area (Å²) in [7, 11) is 0. The average Bonchev–Trinajstić information content (AvgIpc) is 2.61. The van der Waals surface area contributed by atoms with Crippen LogP contribution in [-0.2, 0) is 6.42 Å². The molecule has 0 amide bonds. The first-order valence-electron chi connectivity index (χ1n) is 6.21. The van der Waals surface area contributed by atoms with Gasteiger partial charge in [0.25, 0.3) is 0 Å². The van der Waals surface area contributed by atoms with Gasteiger partial charge in [0, 0.05) is 24.0 Å². The largest absolute Gasteiger partial charge is 0.316 e. The molecule has 0 aliphatic rings. The normalized spacial score (nSPS) is 15.0. The summed E-state index contributed by atoms with van der Waals surface area (Å²) in [5, 5.41) is 6.91. The second-order valence-corrected chi connectivity index (χ2v) is 5.84. The molecule has 1 rings (SSSR count). The number of aromatic nitrogens is 1. The van der Waals surface area contributed by atoms with Crippen LogP contribution in [0.2, 0.25) is 0 Å². The molecule has 0 radical (unpaired) electrons. The predicted molar refractivity (Wildman–Crippen MR) is 72.1 cm³/mol. The van der Waals surface area contributed by atoms with E-state index in [1.807, 2.05) is 0 Å². The number of thiazole rings is 1. The number of nitrogens with one attached hydrogen (secondary N) is 1. The zero-order valence-electron chi connectivity index (χ0n) is 11.0. The molecule has 1 unspecified atom stereocenters. The molecule has 1 atom stereocenters. The van der Waals surface area contributed by atoms with Crippen molar-refractivity contribution in [3.63, 3.8) is 0 Å². The van der Waals surface area contributed by atoms with Gasteiger partial charge in [-0.3, -0.25) is 0 Å². The third-order valence-corrected chi connectivity index (χ3v) is 3.87. The van der Waals surface area contributed by atoms with Crippen molar-refractivity contribution in [2.45, 2.75) is 47.0 Å². The van der Waals surface area contributed by atoms with Crippen molar-refractivity contribution in [2.24, 2.45) is 5.41 Å². The molecule has 0 saturated carbocycles. The van der Waals surface area contributed by atoms with E-state index in [4.69, 9.17) is 0 Å². The molecule has 1 aromatic rings. The summed E-state index contributed by atoms with van der Waals surface area (Å²) in [5.41, 5.74) is 1.51. The van der Waals surface area contributed by atoms with Gasteiger partial charge in [0.1, 0.15) is 0 Å². The molecular formula is C13H24N2S. The Morgan fingerprint density at radius 3 is 2.69 bits per heavy atom. The Hall–Kier alpha value is -0.410. The van der Waals surface area contributed by atoms with Crippen molar-refractivity contribution in [3.05, 3.63) is 16.1 Å². The zero-order valence-corrected chi connectivity index (χ0v) is 11.8. The molecule has 1 heterocycles. The third kappa shape index (κ3) is 4.22. The van der Waals surface area contributed by atoms with Crippen LogP contribution in [0.5, 0.6) is 0 Å². The Bertz CT molecular complexity index is 309. The van der Waals surface area contributed by atoms with Crippen LogP contribution in [0.4, 0.5) is 0 Å². The molecular weight excluding hydrogens is 216 g/mol. The zero-order chi connectivity index (χ0) is 12.0. The maximum absolute atomic E-state index is 4.58. The van der Waals surface area contributed by atoms with Crippen molar-refractivity contribution in [2.75, 3.05) is 13.1 Å². The van der Waals surface area contributed by atoms with Gasteiger partial charge in [0.05, 0.1) is 5.01 Å². The molecule has 0 saturated heterocycles. The van der Waals surface area contributed by atoms with Crippen LogP contribution in [-0.4, -0.2) is 18.1 Å². The van der Waals surface area contributed by atoms with Crippen molar-refractivity contribution in [1.82, 2.24) is 10.3 Å². The number of hydrogen-bond acceptors (Lipinski definition) is 3. The minimum Gasteiger partial charge on any atom is -0.316 e. The first-order chi connectivity index (χ1) is 7.59. The summed E-state index contributed by atoms with van der Waals surface area (Å²) in [6.45, 7) is 11.0. The average molecular weight is 240 g/mol. The van der Waals surface area contributed by atoms with E-state index in [0.29, 0.717) is 5.41 Å². The van der Waals surface area contributed by atoms with Crippen molar-refractivity contribution < 1.29 is 0 Å². The Morgan fingerprint density at radius 2 is 2.19 bits per heavy atom. The minimum absolute atomic E-state index is 0.356. The number of rotatable bonds is 7. The topological polar surface area (TPSA) is 24.9 Å². The first-order valence-corrected chi connectivity index (χ1v) is 7.09. The van der Waals surface area contributed by atoms with Crippen molar-refractivity contribution >= 4 is 11.3 Å². The van der Waals surface area contributed by atoms with Crippen LogP contribution in [0.25, 0.3) is 0 Å². The molecule has 0 aliphatic carbocycles. The van der Waals surface area contributed by atoms with Gasteiger partial charge >= 0.3 is 0 Å². The van der Waals surface area contributed by atoms with E-state index in [1.165, 1.54) is 17.8 Å². The van der Waals surface area contributed by atoms with E-state index in [1.54, 1.807) is 11.3 Å². The lowest BCUT2D eigenvalue weighted by Gasteiger charge is -2.28. The molecule has 1 aromatic heterocycles. The van der Waals surface area contributed by atoms with Crippen LogP contribution in [0.3, 0.4) is 0 Å². The van der Waals surface area contributed by atoms with Crippen molar-refractivity contribution in [1.29, 1.82) is 0 Å². The molecule has 0 aliphatic heterocycles. The first kappa shape index (κ1) is 13.7. The van der Waals surface area contributed by atoms with E-state index in [-0.39, 0.29) is 0 Å². The Labute approximate surface area is 103 Å². The summed E-state index contributed by atoms with van der Waals surface area (Å²) in [4.78, 5) is 4.58. The van der Waals surface area contributed by atoms with E-state index in [2.05, 4.69) is 43.4 Å². The lowest BCUT2D eigenvalue weighted by atomic mass is 9.82. The molecule has 0 fully saturated rings. The summed E-state index contributed by atoms with van der Waals surface area (Å²) in [6.07, 6.45) is 3.61. The van der Waals surface area contributed by atoms with Gasteiger partial charge in [-0.05, 0) is 25.3 Å². The van der Waals surface area contributed by atoms with Crippen LogP contribution in [0, 0.1) is 12.3 Å². The molecule has 2 nitrogen and oxygen atoms in total. The van der Waals surface area contributed by atoms with Crippen molar-refractivity contribution in [3.8, 4) is 0 Å². The summed E-state index contributed by atoms with van der Waals surface area (Å²) < 4.78 is 0. The molecule has 0 spiro atoms. The van der Waals surface area contributed by atoms with Gasteiger partial charge in [-0.2, -0.15) is 0 Å². The number of hydrogen-bond donors (Lipinski definition) is 1. The highest BCUT2D eigenvalue weighted by molar-refractivity contribution is 7.09. The van der Waals surface area contributed by atoms with E-state index in [9.17, 15) is 0 Å². The fourth-order valence-electron chi connectivity index (χ4n) is 2.12. The van der Waals surface area contributed by atoms with Gasteiger partial charge in [0.15, 0.2) is 0 Å². The summed E-state index contributed by atoms with van der Waals surface area (Å²) >= 11 is 1.80. The quantitative estimate of drug-likeness (QED) is 0.790. The molecule has 3 heteroatoms. The molecule has 92 valence electrons. The van der Waals surface area contributed by atoms with E-state index in [0.717, 1.165) is 25.2 Å². The van der Waals surface area contributed by atoms with Gasteiger partial charge in [-0.15, -0.1) is 11.3 Å². The fourth-order valence-corrected chi connectivity index (χ4v) is 3.11.